The number of rotatable bonds is 5. The molecule has 31 heavy (non-hydrogen) atoms. The van der Waals surface area contributed by atoms with Crippen molar-refractivity contribution in [2.75, 3.05) is 5.32 Å². The maximum absolute atomic E-state index is 13.3. The van der Waals surface area contributed by atoms with Crippen LogP contribution in [0.15, 0.2) is 113 Å². The number of nitrogens with one attached hydrogen (secondary N) is 1. The van der Waals surface area contributed by atoms with Crippen LogP contribution in [0.3, 0.4) is 0 Å². The number of aromatic nitrogens is 1. The first-order valence-corrected chi connectivity index (χ1v) is 10.9. The molecule has 0 radical (unpaired) electrons. The average molecular weight is 430 g/mol. The zero-order chi connectivity index (χ0) is 21.7. The fraction of sp³-hybridized carbons (Fsp3) is 0. The zero-order valence-electron chi connectivity index (χ0n) is 16.3. The lowest BCUT2D eigenvalue weighted by Crippen LogP contribution is -2.16. The standard InChI is InChI=1S/C24H18N2O4S/c27-24(30-20-6-2-1-3-7-20)26-19-10-12-21(13-11-19)31(28,29)23-9-5-4-8-22(23)18-14-16-25-17-15-18/h1-17H,(H,26,27). The van der Waals surface area contributed by atoms with Crippen LogP contribution in [0.5, 0.6) is 5.75 Å². The molecule has 4 aromatic rings. The summed E-state index contributed by atoms with van der Waals surface area (Å²) in [7, 11) is -3.78. The van der Waals surface area contributed by atoms with Crippen LogP contribution in [0.1, 0.15) is 0 Å². The highest BCUT2D eigenvalue weighted by Crippen LogP contribution is 2.31. The van der Waals surface area contributed by atoms with Crippen molar-refractivity contribution in [3.63, 3.8) is 0 Å². The molecule has 0 atom stereocenters. The van der Waals surface area contributed by atoms with Gasteiger partial charge in [0, 0.05) is 23.6 Å². The van der Waals surface area contributed by atoms with E-state index in [1.54, 1.807) is 73.1 Å². The van der Waals surface area contributed by atoms with Crippen LogP contribution in [0.25, 0.3) is 11.1 Å². The van der Waals surface area contributed by atoms with Crippen molar-refractivity contribution in [2.24, 2.45) is 0 Å². The van der Waals surface area contributed by atoms with E-state index in [0.717, 1.165) is 5.56 Å². The highest BCUT2D eigenvalue weighted by molar-refractivity contribution is 7.91. The quantitative estimate of drug-likeness (QED) is 0.471. The first kappa shape index (κ1) is 20.3. The number of nitrogens with zero attached hydrogens (tertiary/aromatic N) is 1. The third kappa shape index (κ3) is 4.62. The van der Waals surface area contributed by atoms with Crippen LogP contribution in [0, 0.1) is 0 Å². The Labute approximate surface area is 180 Å². The van der Waals surface area contributed by atoms with Crippen molar-refractivity contribution in [1.82, 2.24) is 4.98 Å². The zero-order valence-corrected chi connectivity index (χ0v) is 17.1. The molecule has 0 saturated carbocycles. The van der Waals surface area contributed by atoms with Gasteiger partial charge in [0.15, 0.2) is 0 Å². The molecule has 0 aliphatic carbocycles. The summed E-state index contributed by atoms with van der Waals surface area (Å²) in [4.78, 5) is 16.3. The Morgan fingerprint density at radius 2 is 1.42 bits per heavy atom. The van der Waals surface area contributed by atoms with Crippen LogP contribution in [0.4, 0.5) is 10.5 Å². The van der Waals surface area contributed by atoms with Gasteiger partial charge in [0.1, 0.15) is 5.75 Å². The normalized spacial score (nSPS) is 11.0. The van der Waals surface area contributed by atoms with E-state index in [4.69, 9.17) is 4.74 Å². The van der Waals surface area contributed by atoms with Gasteiger partial charge in [-0.2, -0.15) is 0 Å². The maximum Gasteiger partial charge on any atom is 0.417 e. The number of para-hydroxylation sites is 1. The summed E-state index contributed by atoms with van der Waals surface area (Å²) in [5.41, 5.74) is 1.77. The lowest BCUT2D eigenvalue weighted by Gasteiger charge is -2.12. The molecule has 1 N–H and O–H groups in total. The molecule has 154 valence electrons. The van der Waals surface area contributed by atoms with Crippen LogP contribution in [-0.2, 0) is 9.84 Å². The second-order valence-electron chi connectivity index (χ2n) is 6.59. The fourth-order valence-corrected chi connectivity index (χ4v) is 4.54. The summed E-state index contributed by atoms with van der Waals surface area (Å²) in [6.07, 6.45) is 2.58. The van der Waals surface area contributed by atoms with Gasteiger partial charge < -0.3 is 4.74 Å². The van der Waals surface area contributed by atoms with Crippen molar-refractivity contribution in [3.05, 3.63) is 103 Å². The lowest BCUT2D eigenvalue weighted by atomic mass is 10.1. The Kier molecular flexibility index (Phi) is 5.77. The van der Waals surface area contributed by atoms with Gasteiger partial charge in [0.05, 0.1) is 9.79 Å². The van der Waals surface area contributed by atoms with E-state index >= 15 is 0 Å². The number of amides is 1. The number of ether oxygens (including phenoxy) is 1. The number of hydrogen-bond acceptors (Lipinski definition) is 5. The molecule has 0 aliphatic rings. The van der Waals surface area contributed by atoms with Crippen molar-refractivity contribution in [2.45, 2.75) is 9.79 Å². The Hall–Kier alpha value is -3.97. The summed E-state index contributed by atoms with van der Waals surface area (Å²) in [5.74, 6) is 0.409. The average Bonchev–Trinajstić information content (AvgIpc) is 2.80. The Balaban J connectivity index is 1.56. The number of hydrogen-bond donors (Lipinski definition) is 1. The Bertz CT molecular complexity index is 1290. The molecule has 7 heteroatoms. The second kappa shape index (κ2) is 8.81. The molecule has 1 heterocycles. The maximum atomic E-state index is 13.3. The van der Waals surface area contributed by atoms with Gasteiger partial charge in [-0.25, -0.2) is 13.2 Å². The SMILES string of the molecule is O=C(Nc1ccc(S(=O)(=O)c2ccccc2-c2ccncc2)cc1)Oc1ccccc1. The molecule has 1 aromatic heterocycles. The first-order chi connectivity index (χ1) is 15.0. The van der Waals surface area contributed by atoms with Crippen LogP contribution in [0.2, 0.25) is 0 Å². The van der Waals surface area contributed by atoms with E-state index in [0.29, 0.717) is 17.0 Å². The molecule has 0 saturated heterocycles. The van der Waals surface area contributed by atoms with Crippen LogP contribution >= 0.6 is 0 Å². The topological polar surface area (TPSA) is 85.4 Å². The van der Waals surface area contributed by atoms with Crippen molar-refractivity contribution < 1.29 is 17.9 Å². The van der Waals surface area contributed by atoms with Gasteiger partial charge in [-0.05, 0) is 60.2 Å². The van der Waals surface area contributed by atoms with Gasteiger partial charge >= 0.3 is 6.09 Å². The highest BCUT2D eigenvalue weighted by Gasteiger charge is 2.21. The fourth-order valence-electron chi connectivity index (χ4n) is 3.05. The number of sulfone groups is 1. The van der Waals surface area contributed by atoms with Gasteiger partial charge in [-0.3, -0.25) is 10.3 Å². The molecular weight excluding hydrogens is 412 g/mol. The minimum atomic E-state index is -3.78. The largest absolute Gasteiger partial charge is 0.417 e. The van der Waals surface area contributed by atoms with Crippen molar-refractivity contribution >= 4 is 21.6 Å². The molecule has 0 spiro atoms. The van der Waals surface area contributed by atoms with Gasteiger partial charge in [0.2, 0.25) is 9.84 Å². The number of pyridine rings is 1. The highest BCUT2D eigenvalue weighted by atomic mass is 32.2. The number of benzene rings is 3. The predicted octanol–water partition coefficient (Wildman–Crippen LogP) is 5.19. The molecule has 0 aliphatic heterocycles. The third-order valence-electron chi connectivity index (χ3n) is 4.53. The van der Waals surface area contributed by atoms with E-state index in [1.165, 1.54) is 24.3 Å². The Morgan fingerprint density at radius 3 is 2.13 bits per heavy atom. The van der Waals surface area contributed by atoms with E-state index in [2.05, 4.69) is 10.3 Å². The lowest BCUT2D eigenvalue weighted by molar-refractivity contribution is 0.215. The number of carbonyl (C=O) groups excluding carboxylic acids is 1. The minimum absolute atomic E-state index is 0.121. The van der Waals surface area contributed by atoms with Gasteiger partial charge in [-0.15, -0.1) is 0 Å². The minimum Gasteiger partial charge on any atom is -0.410 e. The number of anilines is 1. The molecule has 6 nitrogen and oxygen atoms in total. The van der Waals surface area contributed by atoms with E-state index in [1.807, 2.05) is 6.07 Å². The van der Waals surface area contributed by atoms with Crippen LogP contribution in [-0.4, -0.2) is 19.5 Å². The van der Waals surface area contributed by atoms with Crippen molar-refractivity contribution in [3.8, 4) is 16.9 Å². The summed E-state index contributed by atoms with van der Waals surface area (Å²) in [6, 6.07) is 25.0. The molecule has 0 fully saturated rings. The molecule has 0 bridgehead atoms. The summed E-state index contributed by atoms with van der Waals surface area (Å²) in [5, 5.41) is 2.58. The molecule has 3 aromatic carbocycles. The summed E-state index contributed by atoms with van der Waals surface area (Å²) >= 11 is 0. The van der Waals surface area contributed by atoms with Gasteiger partial charge in [-0.1, -0.05) is 36.4 Å². The monoisotopic (exact) mass is 430 g/mol. The third-order valence-corrected chi connectivity index (χ3v) is 6.36. The molecule has 4 rings (SSSR count). The van der Waals surface area contributed by atoms with Gasteiger partial charge in [0.25, 0.3) is 0 Å². The first-order valence-electron chi connectivity index (χ1n) is 9.42. The summed E-state index contributed by atoms with van der Waals surface area (Å²) < 4.78 is 31.7. The summed E-state index contributed by atoms with van der Waals surface area (Å²) in [6.45, 7) is 0. The smallest absolute Gasteiger partial charge is 0.410 e. The van der Waals surface area contributed by atoms with Crippen LogP contribution < -0.4 is 10.1 Å². The Morgan fingerprint density at radius 1 is 0.774 bits per heavy atom. The van der Waals surface area contributed by atoms with E-state index in [-0.39, 0.29) is 9.79 Å². The second-order valence-corrected chi connectivity index (χ2v) is 8.51. The van der Waals surface area contributed by atoms with E-state index < -0.39 is 15.9 Å². The van der Waals surface area contributed by atoms with Crippen molar-refractivity contribution in [1.29, 1.82) is 0 Å². The molecule has 1 amide bonds. The molecule has 0 unspecified atom stereocenters. The number of carbonyl (C=O) groups is 1. The molecular formula is C24H18N2O4S. The predicted molar refractivity (Wildman–Crippen MR) is 118 cm³/mol. The van der Waals surface area contributed by atoms with E-state index in [9.17, 15) is 13.2 Å².